The molecule has 0 N–H and O–H groups in total. The highest BCUT2D eigenvalue weighted by Crippen LogP contribution is 2.36. The monoisotopic (exact) mass is 670 g/mol. The van der Waals surface area contributed by atoms with Gasteiger partial charge in [-0.05, 0) is 110 Å². The minimum atomic E-state index is 0.741. The quantitative estimate of drug-likeness (QED) is 0.129. The Kier molecular flexibility index (Phi) is 10.6. The average Bonchev–Trinajstić information content (AvgIpc) is 3.19. The number of piperazine rings is 1. The summed E-state index contributed by atoms with van der Waals surface area (Å²) in [5.74, 6) is 0. The van der Waals surface area contributed by atoms with Gasteiger partial charge in [0.2, 0.25) is 0 Å². The first-order valence-corrected chi connectivity index (χ1v) is 17.7. The Hall–Kier alpha value is -6.02. The number of benzene rings is 6. The number of hydrogen-bond donors (Lipinski definition) is 0. The highest BCUT2D eigenvalue weighted by molar-refractivity contribution is 6.01. The molecule has 0 unspecified atom stereocenters. The molecule has 6 aromatic carbocycles. The van der Waals surface area contributed by atoms with E-state index in [-0.39, 0.29) is 0 Å². The summed E-state index contributed by atoms with van der Waals surface area (Å²) in [6, 6.07) is 45.1. The van der Waals surface area contributed by atoms with Crippen molar-refractivity contribution in [2.45, 2.75) is 33.1 Å². The molecule has 0 amide bonds. The van der Waals surface area contributed by atoms with Crippen molar-refractivity contribution >= 4 is 56.3 Å². The summed E-state index contributed by atoms with van der Waals surface area (Å²) < 4.78 is 0. The maximum atomic E-state index is 4.69. The van der Waals surface area contributed by atoms with Crippen molar-refractivity contribution < 1.29 is 0 Å². The number of azo groups is 3. The molecule has 1 heterocycles. The van der Waals surface area contributed by atoms with E-state index in [0.717, 1.165) is 77.7 Å². The maximum absolute atomic E-state index is 4.69. The standard InChI is InChI=1S/C43H42N8/c1-3-4-10-33-15-17-34(18-16-33)44-45-35-19-21-36(22-20-35)46-48-41-24-23-37(31-32(41)2)47-49-42-25-26-43(40-14-9-8-13-39(40)42)51-29-27-50(28-30-51)38-11-6-5-7-12-38/h5-9,11-26,31H,3-4,10,27-30H2,1-2H3. The zero-order chi connectivity index (χ0) is 34.8. The molecule has 51 heavy (non-hydrogen) atoms. The third-order valence-electron chi connectivity index (χ3n) is 9.23. The molecule has 7 rings (SSSR count). The number of para-hydroxylation sites is 1. The van der Waals surface area contributed by atoms with Crippen LogP contribution in [0.2, 0.25) is 0 Å². The van der Waals surface area contributed by atoms with E-state index in [1.165, 1.54) is 35.2 Å². The predicted molar refractivity (Wildman–Crippen MR) is 210 cm³/mol. The van der Waals surface area contributed by atoms with Gasteiger partial charge in [0, 0.05) is 48.3 Å². The van der Waals surface area contributed by atoms with Crippen molar-refractivity contribution in [3.63, 3.8) is 0 Å². The topological polar surface area (TPSA) is 80.6 Å². The second kappa shape index (κ2) is 16.1. The smallest absolute Gasteiger partial charge is 0.0936 e. The highest BCUT2D eigenvalue weighted by atomic mass is 15.3. The van der Waals surface area contributed by atoms with Gasteiger partial charge in [0.05, 0.1) is 34.1 Å². The van der Waals surface area contributed by atoms with Crippen molar-refractivity contribution in [2.75, 3.05) is 36.0 Å². The van der Waals surface area contributed by atoms with Crippen molar-refractivity contribution in [3.05, 3.63) is 145 Å². The first-order chi connectivity index (χ1) is 25.1. The molecule has 0 radical (unpaired) electrons. The van der Waals surface area contributed by atoms with E-state index in [1.54, 1.807) is 0 Å². The summed E-state index contributed by atoms with van der Waals surface area (Å²) in [6.07, 6.45) is 3.49. The molecule has 8 nitrogen and oxygen atoms in total. The zero-order valence-electron chi connectivity index (χ0n) is 29.2. The molecule has 0 saturated carbocycles. The molecule has 1 saturated heterocycles. The van der Waals surface area contributed by atoms with E-state index in [2.05, 4.69) is 121 Å². The number of anilines is 2. The first kappa shape index (κ1) is 33.5. The fourth-order valence-corrected chi connectivity index (χ4v) is 6.32. The summed E-state index contributed by atoms with van der Waals surface area (Å²) in [7, 11) is 0. The molecule has 0 atom stereocenters. The van der Waals surface area contributed by atoms with Gasteiger partial charge in [-0.1, -0.05) is 67.9 Å². The average molecular weight is 671 g/mol. The van der Waals surface area contributed by atoms with Crippen LogP contribution in [-0.2, 0) is 6.42 Å². The van der Waals surface area contributed by atoms with Crippen LogP contribution in [-0.4, -0.2) is 26.2 Å². The molecular weight excluding hydrogens is 629 g/mol. The molecular formula is C43H42N8. The van der Waals surface area contributed by atoms with Crippen molar-refractivity contribution in [1.82, 2.24) is 0 Å². The second-order valence-corrected chi connectivity index (χ2v) is 12.8. The molecule has 254 valence electrons. The lowest BCUT2D eigenvalue weighted by Crippen LogP contribution is -2.46. The van der Waals surface area contributed by atoms with Crippen molar-refractivity contribution in [2.24, 2.45) is 30.7 Å². The van der Waals surface area contributed by atoms with Crippen LogP contribution < -0.4 is 9.80 Å². The lowest BCUT2D eigenvalue weighted by atomic mass is 10.1. The van der Waals surface area contributed by atoms with E-state index < -0.39 is 0 Å². The van der Waals surface area contributed by atoms with Gasteiger partial charge in [0.25, 0.3) is 0 Å². The van der Waals surface area contributed by atoms with Gasteiger partial charge in [-0.2, -0.15) is 25.6 Å². The number of aryl methyl sites for hydroxylation is 2. The number of hydrogen-bond acceptors (Lipinski definition) is 8. The van der Waals surface area contributed by atoms with Crippen LogP contribution in [0.1, 0.15) is 30.9 Å². The van der Waals surface area contributed by atoms with Crippen molar-refractivity contribution in [3.8, 4) is 0 Å². The minimum Gasteiger partial charge on any atom is -0.368 e. The van der Waals surface area contributed by atoms with Crippen LogP contribution in [0.4, 0.5) is 45.5 Å². The molecule has 1 aliphatic rings. The third kappa shape index (κ3) is 8.41. The predicted octanol–water partition coefficient (Wildman–Crippen LogP) is 13.1. The summed E-state index contributed by atoms with van der Waals surface area (Å²) >= 11 is 0. The van der Waals surface area contributed by atoms with Crippen molar-refractivity contribution in [1.29, 1.82) is 0 Å². The maximum Gasteiger partial charge on any atom is 0.0936 e. The lowest BCUT2D eigenvalue weighted by Gasteiger charge is -2.38. The summed E-state index contributed by atoms with van der Waals surface area (Å²) in [4.78, 5) is 4.94. The second-order valence-electron chi connectivity index (χ2n) is 12.8. The fourth-order valence-electron chi connectivity index (χ4n) is 6.32. The highest BCUT2D eigenvalue weighted by Gasteiger charge is 2.19. The van der Waals surface area contributed by atoms with Gasteiger partial charge in [-0.3, -0.25) is 0 Å². The van der Waals surface area contributed by atoms with Crippen LogP contribution >= 0.6 is 0 Å². The Balaban J connectivity index is 0.981. The first-order valence-electron chi connectivity index (χ1n) is 17.7. The van der Waals surface area contributed by atoms with E-state index in [4.69, 9.17) is 5.11 Å². The van der Waals surface area contributed by atoms with Gasteiger partial charge in [-0.25, -0.2) is 0 Å². The van der Waals surface area contributed by atoms with Gasteiger partial charge in [0.15, 0.2) is 0 Å². The minimum absolute atomic E-state index is 0.741. The number of nitrogens with zero attached hydrogens (tertiary/aromatic N) is 8. The molecule has 0 bridgehead atoms. The normalized spacial score (nSPS) is 13.7. The summed E-state index contributed by atoms with van der Waals surface area (Å²) in [6.45, 7) is 8.13. The summed E-state index contributed by atoms with van der Waals surface area (Å²) in [5, 5.41) is 29.3. The van der Waals surface area contributed by atoms with E-state index >= 15 is 0 Å². The third-order valence-corrected chi connectivity index (χ3v) is 9.23. The van der Waals surface area contributed by atoms with Crippen LogP contribution in [0.15, 0.2) is 164 Å². The molecule has 6 aromatic rings. The number of rotatable bonds is 11. The Morgan fingerprint density at radius 2 is 1.02 bits per heavy atom. The number of fused-ring (bicyclic) bond motifs is 1. The summed E-state index contributed by atoms with van der Waals surface area (Å²) in [5.41, 5.74) is 9.57. The van der Waals surface area contributed by atoms with E-state index in [9.17, 15) is 0 Å². The molecule has 0 spiro atoms. The Morgan fingerprint density at radius 3 is 1.69 bits per heavy atom. The number of unbranched alkanes of at least 4 members (excludes halogenated alkanes) is 1. The molecule has 1 fully saturated rings. The van der Waals surface area contributed by atoms with E-state index in [1.807, 2.05) is 61.5 Å². The van der Waals surface area contributed by atoms with E-state index in [0.29, 0.717) is 0 Å². The molecule has 8 heteroatoms. The molecule has 1 aliphatic heterocycles. The van der Waals surface area contributed by atoms with Gasteiger partial charge >= 0.3 is 0 Å². The largest absolute Gasteiger partial charge is 0.368 e. The Morgan fingerprint density at radius 1 is 0.490 bits per heavy atom. The van der Waals surface area contributed by atoms with Gasteiger partial charge in [-0.15, -0.1) is 5.11 Å². The van der Waals surface area contributed by atoms with Gasteiger partial charge < -0.3 is 9.80 Å². The SMILES string of the molecule is CCCCc1ccc(N=Nc2ccc(N=Nc3ccc(N=Nc4ccc(N5CCN(c6ccccc6)CC5)c5ccccc45)cc3C)cc2)cc1. The molecule has 0 aromatic heterocycles. The molecule has 0 aliphatic carbocycles. The van der Waals surface area contributed by atoms with Crippen LogP contribution in [0.3, 0.4) is 0 Å². The van der Waals surface area contributed by atoms with Crippen LogP contribution in [0.5, 0.6) is 0 Å². The Labute approximate surface area is 299 Å². The van der Waals surface area contributed by atoms with Crippen LogP contribution in [0.25, 0.3) is 10.8 Å². The van der Waals surface area contributed by atoms with Gasteiger partial charge in [0.1, 0.15) is 0 Å². The Bertz CT molecular complexity index is 2150. The van der Waals surface area contributed by atoms with Crippen LogP contribution in [0, 0.1) is 6.92 Å². The zero-order valence-corrected chi connectivity index (χ0v) is 29.2. The lowest BCUT2D eigenvalue weighted by molar-refractivity contribution is 0.655. The fraction of sp³-hybridized carbons (Fsp3) is 0.209.